The molecule has 0 bridgehead atoms. The minimum Gasteiger partial charge on any atom is -0.377 e. The molecule has 4 aromatic heterocycles. The van der Waals surface area contributed by atoms with Gasteiger partial charge in [-0.25, -0.2) is 14.5 Å². The average Bonchev–Trinajstić information content (AvgIpc) is 3.41. The smallest absolute Gasteiger partial charge is 0.179 e. The summed E-state index contributed by atoms with van der Waals surface area (Å²) in [7, 11) is 1.99. The lowest BCUT2D eigenvalue weighted by Gasteiger charge is -2.34. The number of nitrogens with zero attached hydrogens (tertiary/aromatic N) is 7. The Labute approximate surface area is 155 Å². The van der Waals surface area contributed by atoms with Crippen molar-refractivity contribution < 1.29 is 4.74 Å². The zero-order valence-corrected chi connectivity index (χ0v) is 15.2. The van der Waals surface area contributed by atoms with Crippen LogP contribution in [0.4, 0.5) is 5.82 Å². The number of aromatic nitrogens is 7. The van der Waals surface area contributed by atoms with Gasteiger partial charge < -0.3 is 14.2 Å². The predicted molar refractivity (Wildman–Crippen MR) is 100 cm³/mol. The summed E-state index contributed by atoms with van der Waals surface area (Å²) >= 11 is 0. The second-order valence-corrected chi connectivity index (χ2v) is 6.77. The highest BCUT2D eigenvalue weighted by molar-refractivity contribution is 5.81. The molecule has 1 N–H and O–H groups in total. The van der Waals surface area contributed by atoms with Crippen molar-refractivity contribution in [2.45, 2.75) is 13.0 Å². The summed E-state index contributed by atoms with van der Waals surface area (Å²) in [4.78, 5) is 11.2. The number of aromatic amines is 1. The van der Waals surface area contributed by atoms with Crippen LogP contribution in [-0.4, -0.2) is 60.1 Å². The van der Waals surface area contributed by atoms with Gasteiger partial charge in [-0.15, -0.1) is 5.10 Å². The average molecular weight is 364 g/mol. The van der Waals surface area contributed by atoms with Crippen molar-refractivity contribution in [3.05, 3.63) is 37.1 Å². The van der Waals surface area contributed by atoms with Crippen molar-refractivity contribution in [2.24, 2.45) is 7.05 Å². The van der Waals surface area contributed by atoms with Gasteiger partial charge in [0.05, 0.1) is 49.2 Å². The van der Waals surface area contributed by atoms with E-state index >= 15 is 0 Å². The fourth-order valence-electron chi connectivity index (χ4n) is 3.56. The lowest BCUT2D eigenvalue weighted by Crippen LogP contribution is -2.44. The van der Waals surface area contributed by atoms with Crippen molar-refractivity contribution in [2.75, 3.05) is 24.7 Å². The Bertz CT molecular complexity index is 1080. The van der Waals surface area contributed by atoms with Gasteiger partial charge in [-0.1, -0.05) is 0 Å². The van der Waals surface area contributed by atoms with Gasteiger partial charge in [0.1, 0.15) is 5.69 Å². The first-order valence-corrected chi connectivity index (χ1v) is 8.92. The predicted octanol–water partition coefficient (Wildman–Crippen LogP) is 1.74. The molecule has 1 fully saturated rings. The van der Waals surface area contributed by atoms with Gasteiger partial charge in [-0.05, 0) is 19.1 Å². The highest BCUT2D eigenvalue weighted by Crippen LogP contribution is 2.31. The minimum atomic E-state index is 0.252. The molecule has 5 heterocycles. The lowest BCUT2D eigenvalue weighted by molar-refractivity contribution is 0.0984. The molecule has 0 saturated carbocycles. The Morgan fingerprint density at radius 3 is 2.96 bits per heavy atom. The number of nitrogens with one attached hydrogen (secondary N) is 1. The van der Waals surface area contributed by atoms with Crippen molar-refractivity contribution in [3.8, 4) is 22.8 Å². The summed E-state index contributed by atoms with van der Waals surface area (Å²) in [6.07, 6.45) is 7.23. The molecule has 1 atom stereocenters. The maximum absolute atomic E-state index is 5.59. The Balaban J connectivity index is 1.76. The van der Waals surface area contributed by atoms with E-state index in [0.717, 1.165) is 40.7 Å². The van der Waals surface area contributed by atoms with E-state index in [1.165, 1.54) is 0 Å². The van der Waals surface area contributed by atoms with Gasteiger partial charge in [0.2, 0.25) is 0 Å². The van der Waals surface area contributed by atoms with Crippen LogP contribution >= 0.6 is 0 Å². The van der Waals surface area contributed by atoms with Crippen LogP contribution in [0.15, 0.2) is 37.1 Å². The molecule has 0 radical (unpaired) electrons. The maximum atomic E-state index is 5.59. The van der Waals surface area contributed by atoms with Gasteiger partial charge in [0.25, 0.3) is 0 Å². The summed E-state index contributed by atoms with van der Waals surface area (Å²) < 4.78 is 9.48. The number of anilines is 1. The third-order valence-corrected chi connectivity index (χ3v) is 4.99. The molecule has 9 nitrogen and oxygen atoms in total. The van der Waals surface area contributed by atoms with Gasteiger partial charge in [0, 0.05) is 25.4 Å². The number of hydrogen-bond donors (Lipinski definition) is 1. The van der Waals surface area contributed by atoms with Gasteiger partial charge in [-0.2, -0.15) is 5.10 Å². The Hall–Kier alpha value is -3.20. The molecule has 0 aromatic carbocycles. The first-order valence-electron chi connectivity index (χ1n) is 8.92. The number of aryl methyl sites for hydroxylation is 1. The van der Waals surface area contributed by atoms with Crippen LogP contribution in [0.1, 0.15) is 6.92 Å². The number of hydrogen-bond acceptors (Lipinski definition) is 6. The third kappa shape index (κ3) is 2.58. The van der Waals surface area contributed by atoms with E-state index < -0.39 is 0 Å². The van der Waals surface area contributed by atoms with E-state index in [1.54, 1.807) is 12.5 Å². The quantitative estimate of drug-likeness (QED) is 0.596. The molecular formula is C18H20N8O. The van der Waals surface area contributed by atoms with Crippen LogP contribution in [0.3, 0.4) is 0 Å². The van der Waals surface area contributed by atoms with Crippen molar-refractivity contribution >= 4 is 11.3 Å². The van der Waals surface area contributed by atoms with E-state index in [9.17, 15) is 0 Å². The summed E-state index contributed by atoms with van der Waals surface area (Å²) in [5.74, 6) is 1.63. The molecular weight excluding hydrogens is 344 g/mol. The number of ether oxygens (including phenoxy) is 1. The highest BCUT2D eigenvalue weighted by Gasteiger charge is 2.24. The van der Waals surface area contributed by atoms with Crippen LogP contribution in [-0.2, 0) is 11.8 Å². The monoisotopic (exact) mass is 364 g/mol. The topological polar surface area (TPSA) is 89.2 Å². The molecule has 0 amide bonds. The highest BCUT2D eigenvalue weighted by atomic mass is 16.5. The molecule has 5 rings (SSSR count). The number of imidazole rings is 2. The molecule has 1 aliphatic heterocycles. The van der Waals surface area contributed by atoms with E-state index in [4.69, 9.17) is 9.84 Å². The van der Waals surface area contributed by atoms with Crippen LogP contribution in [0, 0.1) is 0 Å². The van der Waals surface area contributed by atoms with Crippen molar-refractivity contribution in [1.29, 1.82) is 0 Å². The second-order valence-electron chi connectivity index (χ2n) is 6.77. The fraction of sp³-hybridized carbons (Fsp3) is 0.333. The maximum Gasteiger partial charge on any atom is 0.179 e. The lowest BCUT2D eigenvalue weighted by atomic mass is 10.1. The molecule has 0 aliphatic carbocycles. The van der Waals surface area contributed by atoms with Crippen LogP contribution in [0.2, 0.25) is 0 Å². The van der Waals surface area contributed by atoms with Gasteiger partial charge in [-0.3, -0.25) is 5.10 Å². The summed E-state index contributed by atoms with van der Waals surface area (Å²) in [6.45, 7) is 4.34. The molecule has 1 aliphatic rings. The normalized spacial score (nSPS) is 17.7. The Kier molecular flexibility index (Phi) is 3.68. The van der Waals surface area contributed by atoms with E-state index in [2.05, 4.69) is 38.1 Å². The van der Waals surface area contributed by atoms with Gasteiger partial charge >= 0.3 is 0 Å². The first-order chi connectivity index (χ1) is 13.2. The molecule has 4 aromatic rings. The summed E-state index contributed by atoms with van der Waals surface area (Å²) in [5, 5.41) is 11.9. The molecule has 1 saturated heterocycles. The van der Waals surface area contributed by atoms with Gasteiger partial charge in [0.15, 0.2) is 11.6 Å². The second kappa shape index (κ2) is 6.20. The van der Waals surface area contributed by atoms with Crippen molar-refractivity contribution in [3.63, 3.8) is 0 Å². The van der Waals surface area contributed by atoms with Crippen LogP contribution in [0.5, 0.6) is 0 Å². The number of fused-ring (bicyclic) bond motifs is 1. The molecule has 9 heteroatoms. The Morgan fingerprint density at radius 2 is 2.22 bits per heavy atom. The summed E-state index contributed by atoms with van der Waals surface area (Å²) in [5.41, 5.74) is 3.80. The molecule has 138 valence electrons. The third-order valence-electron chi connectivity index (χ3n) is 4.99. The molecule has 27 heavy (non-hydrogen) atoms. The number of morpholine rings is 1. The van der Waals surface area contributed by atoms with Crippen LogP contribution < -0.4 is 4.90 Å². The van der Waals surface area contributed by atoms with Crippen molar-refractivity contribution in [1.82, 2.24) is 34.3 Å². The standard InChI is InChI=1S/C18H20N8O/c1-12-10-27-6-5-25(12)17-7-13(15-8-19-11-24(15)2)16-9-20-18(26(16)23-17)14-3-4-21-22-14/h3-4,7-9,11-12H,5-6,10H2,1-2H3,(H,21,22). The van der Waals surface area contributed by atoms with E-state index in [0.29, 0.717) is 13.2 Å². The first kappa shape index (κ1) is 16.0. The zero-order chi connectivity index (χ0) is 18.4. The number of H-pyrrole nitrogens is 1. The van der Waals surface area contributed by atoms with Crippen LogP contribution in [0.25, 0.3) is 28.3 Å². The minimum absolute atomic E-state index is 0.252. The largest absolute Gasteiger partial charge is 0.377 e. The van der Waals surface area contributed by atoms with E-state index in [1.807, 2.05) is 34.6 Å². The molecule has 0 spiro atoms. The van der Waals surface area contributed by atoms with E-state index in [-0.39, 0.29) is 6.04 Å². The molecule has 1 unspecified atom stereocenters. The Morgan fingerprint density at radius 1 is 1.30 bits per heavy atom. The summed E-state index contributed by atoms with van der Waals surface area (Å²) in [6, 6.07) is 4.26. The number of rotatable bonds is 3. The zero-order valence-electron chi connectivity index (χ0n) is 15.2. The SMILES string of the molecule is CC1COCCN1c1cc(-c2cncn2C)c2cnc(-c3ccn[nH]3)n2n1. The fourth-order valence-corrected chi connectivity index (χ4v) is 3.56.